The molecule has 0 radical (unpaired) electrons. The van der Waals surface area contributed by atoms with Crippen LogP contribution in [0.2, 0.25) is 0 Å². The van der Waals surface area contributed by atoms with E-state index in [1.807, 2.05) is 6.92 Å². The summed E-state index contributed by atoms with van der Waals surface area (Å²) >= 11 is 5.78. The number of carbonyl (C=O) groups excluding carboxylic acids is 1. The Morgan fingerprint density at radius 3 is 2.95 bits per heavy atom. The lowest BCUT2D eigenvalue weighted by atomic mass is 10.1. The Bertz CT molecular complexity index is 523. The lowest BCUT2D eigenvalue weighted by Crippen LogP contribution is -2.49. The van der Waals surface area contributed by atoms with Gasteiger partial charge in [-0.3, -0.25) is 14.9 Å². The monoisotopic (exact) mass is 298 g/mol. The third-order valence-electron chi connectivity index (χ3n) is 3.09. The summed E-state index contributed by atoms with van der Waals surface area (Å²) in [5, 5.41) is 10.7. The van der Waals surface area contributed by atoms with Crippen molar-refractivity contribution in [3.05, 3.63) is 39.9 Å². The minimum atomic E-state index is -0.514. The van der Waals surface area contributed by atoms with Gasteiger partial charge in [0.15, 0.2) is 0 Å². The molecule has 0 spiro atoms. The summed E-state index contributed by atoms with van der Waals surface area (Å²) < 4.78 is 5.58. The quantitative estimate of drug-likeness (QED) is 0.486. The molecule has 1 aromatic carbocycles. The smallest absolute Gasteiger partial charge is 0.270 e. The minimum absolute atomic E-state index is 0.0916. The molecule has 1 aliphatic heterocycles. The molecule has 6 nitrogen and oxygen atoms in total. The van der Waals surface area contributed by atoms with Crippen molar-refractivity contribution in [1.82, 2.24) is 4.90 Å². The number of alkyl halides is 1. The number of non-ortho nitro benzene ring substituents is 1. The van der Waals surface area contributed by atoms with E-state index in [4.69, 9.17) is 16.3 Å². The molecule has 1 saturated heterocycles. The van der Waals surface area contributed by atoms with E-state index in [0.29, 0.717) is 24.5 Å². The van der Waals surface area contributed by atoms with Crippen LogP contribution in [0, 0.1) is 10.1 Å². The Kier molecular flexibility index (Phi) is 4.57. The van der Waals surface area contributed by atoms with E-state index >= 15 is 0 Å². The zero-order chi connectivity index (χ0) is 14.7. The van der Waals surface area contributed by atoms with Crippen LogP contribution >= 0.6 is 11.6 Å². The molecular formula is C13H15ClN2O4. The summed E-state index contributed by atoms with van der Waals surface area (Å²) in [4.78, 5) is 24.2. The third kappa shape index (κ3) is 3.26. The van der Waals surface area contributed by atoms with E-state index in [1.165, 1.54) is 18.2 Å². The van der Waals surface area contributed by atoms with Crippen molar-refractivity contribution in [2.75, 3.05) is 19.0 Å². The highest BCUT2D eigenvalue weighted by Gasteiger charge is 2.28. The number of hydrogen-bond acceptors (Lipinski definition) is 4. The van der Waals surface area contributed by atoms with Crippen LogP contribution in [-0.4, -0.2) is 46.9 Å². The van der Waals surface area contributed by atoms with Crippen LogP contribution in [0.5, 0.6) is 0 Å². The zero-order valence-electron chi connectivity index (χ0n) is 11.0. The minimum Gasteiger partial charge on any atom is -0.370 e. The molecule has 0 aromatic heterocycles. The number of amides is 1. The van der Waals surface area contributed by atoms with Crippen molar-refractivity contribution in [2.45, 2.75) is 19.1 Å². The maximum atomic E-state index is 12.4. The van der Waals surface area contributed by atoms with Crippen molar-refractivity contribution in [3.8, 4) is 0 Å². The predicted molar refractivity (Wildman–Crippen MR) is 74.1 cm³/mol. The van der Waals surface area contributed by atoms with E-state index in [9.17, 15) is 14.9 Å². The lowest BCUT2D eigenvalue weighted by Gasteiger charge is -2.36. The Balaban J connectivity index is 2.18. The number of rotatable bonds is 3. The van der Waals surface area contributed by atoms with E-state index in [2.05, 4.69) is 0 Å². The zero-order valence-corrected chi connectivity index (χ0v) is 11.7. The van der Waals surface area contributed by atoms with E-state index in [1.54, 1.807) is 11.0 Å². The molecule has 2 unspecified atom stereocenters. The number of nitrogens with zero attached hydrogens (tertiary/aromatic N) is 2. The van der Waals surface area contributed by atoms with Gasteiger partial charge in [0.1, 0.15) is 0 Å². The first-order valence-corrected chi connectivity index (χ1v) is 6.80. The second-order valence-corrected chi connectivity index (χ2v) is 5.05. The second kappa shape index (κ2) is 6.19. The SMILES string of the molecule is CC1CN(C(=O)c2cccc([N+](=O)[O-])c2)CC(CCl)O1. The topological polar surface area (TPSA) is 72.7 Å². The molecule has 2 rings (SSSR count). The molecule has 0 N–H and O–H groups in total. The largest absolute Gasteiger partial charge is 0.370 e. The van der Waals surface area contributed by atoms with Crippen LogP contribution in [0.25, 0.3) is 0 Å². The van der Waals surface area contributed by atoms with Crippen LogP contribution in [0.15, 0.2) is 24.3 Å². The fourth-order valence-corrected chi connectivity index (χ4v) is 2.40. The van der Waals surface area contributed by atoms with Crippen molar-refractivity contribution < 1.29 is 14.5 Å². The Labute approximate surface area is 121 Å². The van der Waals surface area contributed by atoms with Gasteiger partial charge in [0, 0.05) is 30.8 Å². The van der Waals surface area contributed by atoms with Crippen LogP contribution in [0.1, 0.15) is 17.3 Å². The van der Waals surface area contributed by atoms with Gasteiger partial charge in [-0.1, -0.05) is 6.07 Å². The lowest BCUT2D eigenvalue weighted by molar-refractivity contribution is -0.384. The number of halogens is 1. The summed E-state index contributed by atoms with van der Waals surface area (Å²) in [6.07, 6.45) is -0.307. The number of carbonyl (C=O) groups is 1. The number of benzene rings is 1. The number of ether oxygens (including phenoxy) is 1. The first kappa shape index (κ1) is 14.7. The van der Waals surface area contributed by atoms with Gasteiger partial charge in [0.05, 0.1) is 23.0 Å². The molecule has 1 fully saturated rings. The summed E-state index contributed by atoms with van der Waals surface area (Å²) in [7, 11) is 0. The maximum Gasteiger partial charge on any atom is 0.270 e. The fraction of sp³-hybridized carbons (Fsp3) is 0.462. The maximum absolute atomic E-state index is 12.4. The van der Waals surface area contributed by atoms with Crippen LogP contribution in [0.3, 0.4) is 0 Å². The summed E-state index contributed by atoms with van der Waals surface area (Å²) in [6.45, 7) is 2.72. The van der Waals surface area contributed by atoms with Gasteiger partial charge in [0.2, 0.25) is 0 Å². The van der Waals surface area contributed by atoms with Gasteiger partial charge in [-0.05, 0) is 13.0 Å². The van der Waals surface area contributed by atoms with E-state index in [-0.39, 0.29) is 23.8 Å². The highest BCUT2D eigenvalue weighted by molar-refractivity contribution is 6.18. The standard InChI is InChI=1S/C13H15ClN2O4/c1-9-7-15(8-12(6-14)20-9)13(17)10-3-2-4-11(5-10)16(18)19/h2-5,9,12H,6-8H2,1H3. The summed E-state index contributed by atoms with van der Waals surface area (Å²) in [5.41, 5.74) is 0.215. The number of nitro groups is 1. The number of nitro benzene ring substituents is 1. The molecule has 1 amide bonds. The van der Waals surface area contributed by atoms with Gasteiger partial charge in [0.25, 0.3) is 11.6 Å². The molecule has 20 heavy (non-hydrogen) atoms. The van der Waals surface area contributed by atoms with Crippen molar-refractivity contribution in [1.29, 1.82) is 0 Å². The van der Waals surface area contributed by atoms with Gasteiger partial charge >= 0.3 is 0 Å². The Morgan fingerprint density at radius 2 is 2.30 bits per heavy atom. The van der Waals surface area contributed by atoms with Crippen molar-refractivity contribution in [2.24, 2.45) is 0 Å². The molecule has 108 valence electrons. The third-order valence-corrected chi connectivity index (χ3v) is 3.43. The molecule has 1 heterocycles. The predicted octanol–water partition coefficient (Wildman–Crippen LogP) is 2.06. The van der Waals surface area contributed by atoms with Crippen LogP contribution in [0.4, 0.5) is 5.69 Å². The average Bonchev–Trinajstić information content (AvgIpc) is 2.45. The van der Waals surface area contributed by atoms with Gasteiger partial charge in [-0.2, -0.15) is 0 Å². The average molecular weight is 299 g/mol. The number of hydrogen-bond donors (Lipinski definition) is 0. The molecule has 7 heteroatoms. The highest BCUT2D eigenvalue weighted by atomic mass is 35.5. The molecule has 2 atom stereocenters. The fourth-order valence-electron chi connectivity index (χ4n) is 2.23. The Morgan fingerprint density at radius 1 is 1.55 bits per heavy atom. The summed E-state index contributed by atoms with van der Waals surface area (Å²) in [5.74, 6) is 0.0715. The molecule has 1 aromatic rings. The molecule has 0 saturated carbocycles. The highest BCUT2D eigenvalue weighted by Crippen LogP contribution is 2.18. The molecule has 0 bridgehead atoms. The van der Waals surface area contributed by atoms with Gasteiger partial charge in [-0.15, -0.1) is 11.6 Å². The summed E-state index contributed by atoms with van der Waals surface area (Å²) in [6, 6.07) is 5.73. The number of morpholine rings is 1. The first-order valence-electron chi connectivity index (χ1n) is 6.26. The molecule has 0 aliphatic carbocycles. The molecule has 1 aliphatic rings. The first-order chi connectivity index (χ1) is 9.51. The van der Waals surface area contributed by atoms with Crippen molar-refractivity contribution in [3.63, 3.8) is 0 Å². The second-order valence-electron chi connectivity index (χ2n) is 4.74. The normalized spacial score (nSPS) is 22.6. The van der Waals surface area contributed by atoms with Crippen LogP contribution in [-0.2, 0) is 4.74 Å². The van der Waals surface area contributed by atoms with Gasteiger partial charge < -0.3 is 9.64 Å². The van der Waals surface area contributed by atoms with E-state index in [0.717, 1.165) is 0 Å². The van der Waals surface area contributed by atoms with Crippen LogP contribution < -0.4 is 0 Å². The van der Waals surface area contributed by atoms with Crippen molar-refractivity contribution >= 4 is 23.2 Å². The molecular weight excluding hydrogens is 284 g/mol. The van der Waals surface area contributed by atoms with Gasteiger partial charge in [-0.25, -0.2) is 0 Å². The Hall–Kier alpha value is -1.66. The van der Waals surface area contributed by atoms with E-state index < -0.39 is 4.92 Å².